The van der Waals surface area contributed by atoms with Gasteiger partial charge in [0.15, 0.2) is 0 Å². The Hall–Kier alpha value is -3.59. The number of rotatable bonds is 10. The lowest BCUT2D eigenvalue weighted by molar-refractivity contribution is -0.110. The summed E-state index contributed by atoms with van der Waals surface area (Å²) < 4.78 is 0. The van der Waals surface area contributed by atoms with Crippen LogP contribution in [0.4, 0.5) is 5.69 Å². The van der Waals surface area contributed by atoms with Crippen LogP contribution in [0.3, 0.4) is 0 Å². The number of carbonyl (C=O) groups is 1. The van der Waals surface area contributed by atoms with Crippen molar-refractivity contribution in [1.82, 2.24) is 25.2 Å². The van der Waals surface area contributed by atoms with Crippen molar-refractivity contribution in [3.63, 3.8) is 0 Å². The maximum absolute atomic E-state index is 13.0. The van der Waals surface area contributed by atoms with Gasteiger partial charge in [-0.15, -0.1) is 11.3 Å². The molecule has 0 saturated heterocycles. The van der Waals surface area contributed by atoms with Crippen LogP contribution in [0, 0.1) is 13.8 Å². The van der Waals surface area contributed by atoms with Gasteiger partial charge in [0.05, 0.1) is 11.3 Å². The maximum Gasteiger partial charge on any atom is 0.256 e. The summed E-state index contributed by atoms with van der Waals surface area (Å²) in [6, 6.07) is 10.2. The summed E-state index contributed by atoms with van der Waals surface area (Å²) in [6.45, 7) is 14.9. The summed E-state index contributed by atoms with van der Waals surface area (Å²) in [6.07, 6.45) is 5.57. The van der Waals surface area contributed by atoms with E-state index in [0.29, 0.717) is 5.57 Å². The van der Waals surface area contributed by atoms with Gasteiger partial charge >= 0.3 is 0 Å². The van der Waals surface area contributed by atoms with Gasteiger partial charge < -0.3 is 20.5 Å². The van der Waals surface area contributed by atoms with E-state index in [1.54, 1.807) is 17.5 Å². The Balaban J connectivity index is 1.40. The van der Waals surface area contributed by atoms with Gasteiger partial charge in [0.25, 0.3) is 5.91 Å². The fourth-order valence-corrected chi connectivity index (χ4v) is 6.15. The number of aromatic nitrogens is 3. The lowest BCUT2D eigenvalue weighted by atomic mass is 9.99. The molecule has 0 fully saturated rings. The molecule has 1 atom stereocenters. The van der Waals surface area contributed by atoms with E-state index >= 15 is 0 Å². The summed E-state index contributed by atoms with van der Waals surface area (Å²) >= 11 is 1.59. The Morgan fingerprint density at radius 2 is 1.97 bits per heavy atom. The number of nitrogens with one attached hydrogen (secondary N) is 3. The Morgan fingerprint density at radius 3 is 2.72 bits per heavy atom. The van der Waals surface area contributed by atoms with E-state index in [1.165, 1.54) is 11.1 Å². The number of aromatic amines is 1. The van der Waals surface area contributed by atoms with Crippen molar-refractivity contribution in [2.75, 3.05) is 31.5 Å². The van der Waals surface area contributed by atoms with Crippen LogP contribution in [0.15, 0.2) is 48.1 Å². The number of H-pyrrole nitrogens is 1. The summed E-state index contributed by atoms with van der Waals surface area (Å²) in [5.41, 5.74) is 9.77. The zero-order chi connectivity index (χ0) is 27.5. The second-order valence-corrected chi connectivity index (χ2v) is 10.8. The summed E-state index contributed by atoms with van der Waals surface area (Å²) in [7, 11) is 0. The average Bonchev–Trinajstić information content (AvgIpc) is 3.63. The molecule has 1 aliphatic heterocycles. The van der Waals surface area contributed by atoms with E-state index in [2.05, 4.69) is 71.6 Å². The Morgan fingerprint density at radius 1 is 1.15 bits per heavy atom. The number of benzene rings is 1. The van der Waals surface area contributed by atoms with Crippen LogP contribution in [0.2, 0.25) is 0 Å². The molecule has 1 aromatic carbocycles. The predicted octanol–water partition coefficient (Wildman–Crippen LogP) is 6.30. The molecular formula is C31H36N6OS. The van der Waals surface area contributed by atoms with Gasteiger partial charge in [0.1, 0.15) is 5.01 Å². The van der Waals surface area contributed by atoms with Gasteiger partial charge in [-0.05, 0) is 75.3 Å². The van der Waals surface area contributed by atoms with E-state index in [4.69, 9.17) is 4.98 Å². The van der Waals surface area contributed by atoms with Crippen molar-refractivity contribution >= 4 is 34.6 Å². The minimum absolute atomic E-state index is 0.0879. The highest BCUT2D eigenvalue weighted by molar-refractivity contribution is 7.13. The molecule has 4 aromatic rings. The van der Waals surface area contributed by atoms with E-state index in [9.17, 15) is 4.79 Å². The Kier molecular flexibility index (Phi) is 8.07. The van der Waals surface area contributed by atoms with E-state index in [0.717, 1.165) is 70.6 Å². The van der Waals surface area contributed by atoms with Crippen molar-refractivity contribution in [3.8, 4) is 21.8 Å². The molecule has 0 radical (unpaired) electrons. The van der Waals surface area contributed by atoms with E-state index in [-0.39, 0.29) is 11.9 Å². The highest BCUT2D eigenvalue weighted by Crippen LogP contribution is 2.38. The zero-order valence-electron chi connectivity index (χ0n) is 23.3. The van der Waals surface area contributed by atoms with E-state index < -0.39 is 0 Å². The van der Waals surface area contributed by atoms with Crippen LogP contribution in [0.1, 0.15) is 54.9 Å². The number of amides is 1. The van der Waals surface area contributed by atoms with Crippen LogP contribution < -0.4 is 10.6 Å². The van der Waals surface area contributed by atoms with Crippen LogP contribution in [-0.2, 0) is 4.79 Å². The maximum atomic E-state index is 13.0. The average molecular weight is 541 g/mol. The summed E-state index contributed by atoms with van der Waals surface area (Å²) in [5.74, 6) is -0.0879. The third-order valence-corrected chi connectivity index (χ3v) is 8.43. The van der Waals surface area contributed by atoms with Crippen molar-refractivity contribution in [1.29, 1.82) is 0 Å². The molecule has 202 valence electrons. The second kappa shape index (κ2) is 11.7. The first-order valence-corrected chi connectivity index (χ1v) is 14.5. The quantitative estimate of drug-likeness (QED) is 0.206. The zero-order valence-corrected chi connectivity index (χ0v) is 24.1. The number of nitrogens with zero attached hydrogens (tertiary/aromatic N) is 3. The third kappa shape index (κ3) is 5.59. The standard InChI is InChI=1S/C31H36N6OS/c1-6-37(7-2)14-13-33-20(4)29-19(3)27(34-21(29)5)16-25-24-15-22(10-11-26(24)35-30(25)38)28-18-39-31(36-28)23-9-8-12-32-17-23/h8-12,15-18,20,33-34H,6-7,13-14H2,1-5H3,(H,35,38). The van der Waals surface area contributed by atoms with Crippen LogP contribution in [0.5, 0.6) is 0 Å². The van der Waals surface area contributed by atoms with Gasteiger partial charge in [-0.2, -0.15) is 0 Å². The SMILES string of the molecule is CCN(CC)CCNC(C)c1c(C)[nH]c(C=C2C(=O)Nc3ccc(-c4csc(-c5cccnc5)n4)cc32)c1C. The number of aryl methyl sites for hydroxylation is 1. The number of hydrogen-bond donors (Lipinski definition) is 3. The van der Waals surface area contributed by atoms with Gasteiger partial charge in [-0.3, -0.25) is 9.78 Å². The molecule has 0 aliphatic carbocycles. The monoisotopic (exact) mass is 540 g/mol. The normalized spacial score (nSPS) is 14.7. The molecular weight excluding hydrogens is 504 g/mol. The lowest BCUT2D eigenvalue weighted by Crippen LogP contribution is -2.33. The molecule has 8 heteroatoms. The first-order chi connectivity index (χ1) is 18.9. The second-order valence-electron chi connectivity index (χ2n) is 9.96. The minimum atomic E-state index is -0.0879. The molecule has 7 nitrogen and oxygen atoms in total. The largest absolute Gasteiger partial charge is 0.359 e. The van der Waals surface area contributed by atoms with Crippen LogP contribution in [-0.4, -0.2) is 51.9 Å². The van der Waals surface area contributed by atoms with Crippen molar-refractivity contribution in [3.05, 3.63) is 76.2 Å². The smallest absolute Gasteiger partial charge is 0.256 e. The molecule has 0 saturated carbocycles. The predicted molar refractivity (Wildman–Crippen MR) is 162 cm³/mol. The molecule has 3 aromatic heterocycles. The molecule has 1 unspecified atom stereocenters. The molecule has 5 rings (SSSR count). The van der Waals surface area contributed by atoms with Crippen molar-refractivity contribution < 1.29 is 4.79 Å². The summed E-state index contributed by atoms with van der Waals surface area (Å²) in [5, 5.41) is 9.68. The third-order valence-electron chi connectivity index (χ3n) is 7.54. The van der Waals surface area contributed by atoms with Gasteiger partial charge in [0.2, 0.25) is 0 Å². The number of likely N-dealkylation sites (N-methyl/N-ethyl adjacent to an activating group) is 1. The molecule has 3 N–H and O–H groups in total. The number of hydrogen-bond acceptors (Lipinski definition) is 6. The number of thiazole rings is 1. The first-order valence-electron chi connectivity index (χ1n) is 13.6. The molecule has 4 heterocycles. The first kappa shape index (κ1) is 27.0. The molecule has 1 aliphatic rings. The highest BCUT2D eigenvalue weighted by Gasteiger charge is 2.26. The van der Waals surface area contributed by atoms with Crippen molar-refractivity contribution in [2.45, 2.75) is 40.7 Å². The minimum Gasteiger partial charge on any atom is -0.359 e. The molecule has 0 spiro atoms. The molecule has 39 heavy (non-hydrogen) atoms. The van der Waals surface area contributed by atoms with Crippen LogP contribution >= 0.6 is 11.3 Å². The number of pyridine rings is 1. The Bertz CT molecular complexity index is 1500. The van der Waals surface area contributed by atoms with Crippen LogP contribution in [0.25, 0.3) is 33.5 Å². The Labute approximate surface area is 234 Å². The number of fused-ring (bicyclic) bond motifs is 1. The fourth-order valence-electron chi connectivity index (χ4n) is 5.33. The van der Waals surface area contributed by atoms with Gasteiger partial charge in [-0.25, -0.2) is 4.98 Å². The van der Waals surface area contributed by atoms with E-state index in [1.807, 2.05) is 36.5 Å². The van der Waals surface area contributed by atoms with Gasteiger partial charge in [0, 0.05) is 70.7 Å². The fraction of sp³-hybridized carbons (Fsp3) is 0.323. The topological polar surface area (TPSA) is 85.9 Å². The molecule has 0 bridgehead atoms. The number of carbonyl (C=O) groups excluding carboxylic acids is 1. The van der Waals surface area contributed by atoms with Crippen molar-refractivity contribution in [2.24, 2.45) is 0 Å². The lowest BCUT2D eigenvalue weighted by Gasteiger charge is -2.21. The molecule has 1 amide bonds. The van der Waals surface area contributed by atoms with Gasteiger partial charge in [-0.1, -0.05) is 19.9 Å². The number of anilines is 1. The highest BCUT2D eigenvalue weighted by atomic mass is 32.1. The summed E-state index contributed by atoms with van der Waals surface area (Å²) in [4.78, 5) is 28.0.